The number of alkyl halides is 2. The van der Waals surface area contributed by atoms with Gasteiger partial charge in [0.15, 0.2) is 0 Å². The molecule has 3 aliphatic heterocycles. The first-order valence-electron chi connectivity index (χ1n) is 15.0. The quantitative estimate of drug-likeness (QED) is 0.0890. The second-order valence-electron chi connectivity index (χ2n) is 11.7. The zero-order chi connectivity index (χ0) is 33.7. The van der Waals surface area contributed by atoms with E-state index < -0.39 is 32.7 Å². The zero-order valence-electron chi connectivity index (χ0n) is 25.1. The van der Waals surface area contributed by atoms with Gasteiger partial charge >= 0.3 is 0 Å². The summed E-state index contributed by atoms with van der Waals surface area (Å²) in [5, 5.41) is 20.9. The summed E-state index contributed by atoms with van der Waals surface area (Å²) in [4.78, 5) is 57.2. The number of hydrogen-bond acceptors (Lipinski definition) is 8. The molecular formula is C34H26Cl2N6O6. The van der Waals surface area contributed by atoms with Gasteiger partial charge in [-0.15, -0.1) is 23.2 Å². The number of non-ortho nitro benzene ring substituents is 2. The third-order valence-corrected chi connectivity index (χ3v) is 9.68. The number of carbonyl (C=O) groups excluding carboxylic acids is 2. The predicted molar refractivity (Wildman–Crippen MR) is 181 cm³/mol. The summed E-state index contributed by atoms with van der Waals surface area (Å²) in [5.74, 6) is 0.262. The van der Waals surface area contributed by atoms with Gasteiger partial charge in [-0.2, -0.15) is 0 Å². The lowest BCUT2D eigenvalue weighted by molar-refractivity contribution is -0.385. The van der Waals surface area contributed by atoms with Crippen LogP contribution in [0.15, 0.2) is 102 Å². The van der Waals surface area contributed by atoms with Crippen LogP contribution in [0.4, 0.5) is 22.7 Å². The minimum Gasteiger partial charge on any atom is -0.350 e. The van der Waals surface area contributed by atoms with Gasteiger partial charge in [-0.25, -0.2) is 0 Å². The lowest BCUT2D eigenvalue weighted by Gasteiger charge is -2.44. The molecular weight excluding hydrogens is 659 g/mol. The molecule has 12 nitrogen and oxygen atoms in total. The summed E-state index contributed by atoms with van der Waals surface area (Å²) in [6, 6.07) is 26.2. The SMILES string of the molecule is O=C1C(Cl)C(c2cccc([N+](=O)[O-])c2)N1c1ccc(CN2CCN=C2c2ccc(N3C(=O)C(Cl)C3c3cccc([N+](=O)[O-])c3)cc2)cc1. The van der Waals surface area contributed by atoms with Crippen LogP contribution in [0.2, 0.25) is 0 Å². The molecule has 2 saturated heterocycles. The molecule has 0 radical (unpaired) electrons. The highest BCUT2D eigenvalue weighted by molar-refractivity contribution is 6.38. The number of nitro groups is 2. The Morgan fingerprint density at radius 1 is 0.708 bits per heavy atom. The van der Waals surface area contributed by atoms with Gasteiger partial charge in [0.2, 0.25) is 11.8 Å². The highest BCUT2D eigenvalue weighted by Gasteiger charge is 2.49. The number of nitro benzene ring substituents is 2. The van der Waals surface area contributed by atoms with Crippen molar-refractivity contribution in [2.24, 2.45) is 4.99 Å². The van der Waals surface area contributed by atoms with E-state index in [1.165, 1.54) is 24.3 Å². The number of anilines is 2. The zero-order valence-corrected chi connectivity index (χ0v) is 26.6. The molecule has 0 saturated carbocycles. The molecule has 4 aromatic carbocycles. The smallest absolute Gasteiger partial charge is 0.269 e. The third kappa shape index (κ3) is 5.42. The number of aliphatic imine (C=N–C) groups is 1. The molecule has 2 fully saturated rings. The van der Waals surface area contributed by atoms with Crippen molar-refractivity contribution < 1.29 is 19.4 Å². The Bertz CT molecular complexity index is 1990. The molecule has 14 heteroatoms. The van der Waals surface area contributed by atoms with Crippen molar-refractivity contribution in [3.05, 3.63) is 140 Å². The third-order valence-electron chi connectivity index (χ3n) is 8.83. The molecule has 0 aromatic heterocycles. The summed E-state index contributed by atoms with van der Waals surface area (Å²) in [6.45, 7) is 1.89. The standard InChI is InChI=1S/C34H26Cl2N6O6/c35-28-30(22-3-1-5-26(17-22)41(45)46)39(33(28)43)24-11-7-20(8-12-24)19-38-16-15-37-32(38)21-9-13-25(14-10-21)40-31(29(36)34(40)44)23-4-2-6-27(18-23)42(47)48/h1-14,17-18,28-31H,15-16,19H2. The van der Waals surface area contributed by atoms with Crippen LogP contribution in [0.3, 0.4) is 0 Å². The first-order chi connectivity index (χ1) is 23.1. The Kier molecular flexibility index (Phi) is 8.06. The predicted octanol–water partition coefficient (Wildman–Crippen LogP) is 6.16. The maximum atomic E-state index is 12.8. The van der Waals surface area contributed by atoms with Gasteiger partial charge in [0.1, 0.15) is 16.6 Å². The summed E-state index contributed by atoms with van der Waals surface area (Å²) < 4.78 is 0. The number of hydrogen-bond donors (Lipinski definition) is 0. The molecule has 0 spiro atoms. The maximum Gasteiger partial charge on any atom is 0.269 e. The lowest BCUT2D eigenvalue weighted by Crippen LogP contribution is -2.56. The second-order valence-corrected chi connectivity index (χ2v) is 12.6. The first kappa shape index (κ1) is 31.3. The number of nitrogens with zero attached hydrogens (tertiary/aromatic N) is 6. The van der Waals surface area contributed by atoms with Gasteiger partial charge in [-0.3, -0.25) is 34.8 Å². The van der Waals surface area contributed by atoms with Crippen LogP contribution < -0.4 is 9.80 Å². The first-order valence-corrected chi connectivity index (χ1v) is 15.9. The van der Waals surface area contributed by atoms with E-state index in [0.717, 1.165) is 17.0 Å². The molecule has 3 heterocycles. The number of rotatable bonds is 9. The molecule has 4 unspecified atom stereocenters. The van der Waals surface area contributed by atoms with Gasteiger partial charge in [0.25, 0.3) is 11.4 Å². The van der Waals surface area contributed by atoms with Gasteiger partial charge in [-0.1, -0.05) is 36.4 Å². The number of carbonyl (C=O) groups is 2. The fraction of sp³-hybridized carbons (Fsp3) is 0.206. The minimum atomic E-state index is -0.825. The van der Waals surface area contributed by atoms with E-state index in [9.17, 15) is 29.8 Å². The van der Waals surface area contributed by atoms with E-state index in [2.05, 4.69) is 4.90 Å². The van der Waals surface area contributed by atoms with E-state index in [4.69, 9.17) is 28.2 Å². The summed E-state index contributed by atoms with van der Waals surface area (Å²) in [7, 11) is 0. The van der Waals surface area contributed by atoms with Crippen molar-refractivity contribution in [2.75, 3.05) is 22.9 Å². The Balaban J connectivity index is 1.04. The molecule has 7 rings (SSSR count). The van der Waals surface area contributed by atoms with E-state index in [-0.39, 0.29) is 23.2 Å². The minimum absolute atomic E-state index is 0.0636. The Morgan fingerprint density at radius 2 is 1.19 bits per heavy atom. The monoisotopic (exact) mass is 684 g/mol. The molecule has 4 aromatic rings. The maximum absolute atomic E-state index is 12.8. The normalized spacial score (nSPS) is 21.9. The van der Waals surface area contributed by atoms with E-state index in [1.54, 1.807) is 34.1 Å². The fourth-order valence-electron chi connectivity index (χ4n) is 6.43. The van der Waals surface area contributed by atoms with Gasteiger partial charge in [0.05, 0.1) is 28.5 Å². The summed E-state index contributed by atoms with van der Waals surface area (Å²) >= 11 is 12.7. The fourth-order valence-corrected chi connectivity index (χ4v) is 7.15. The van der Waals surface area contributed by atoms with Gasteiger partial charge in [-0.05, 0) is 53.1 Å². The van der Waals surface area contributed by atoms with Crippen molar-refractivity contribution in [2.45, 2.75) is 29.4 Å². The molecule has 242 valence electrons. The van der Waals surface area contributed by atoms with E-state index in [0.29, 0.717) is 42.1 Å². The van der Waals surface area contributed by atoms with Crippen LogP contribution in [0.25, 0.3) is 0 Å². The summed E-state index contributed by atoms with van der Waals surface area (Å²) in [6.07, 6.45) is 0. The Labute approximate surface area is 284 Å². The lowest BCUT2D eigenvalue weighted by atomic mass is 9.92. The van der Waals surface area contributed by atoms with Crippen molar-refractivity contribution in [1.29, 1.82) is 0 Å². The molecule has 0 aliphatic carbocycles. The molecule has 0 bridgehead atoms. The van der Waals surface area contributed by atoms with Crippen LogP contribution in [0.1, 0.15) is 34.3 Å². The Morgan fingerprint density at radius 3 is 1.67 bits per heavy atom. The number of benzene rings is 4. The summed E-state index contributed by atoms with van der Waals surface area (Å²) in [5.41, 5.74) is 4.19. The van der Waals surface area contributed by atoms with Gasteiger partial charge < -0.3 is 14.7 Å². The highest BCUT2D eigenvalue weighted by Crippen LogP contribution is 2.44. The number of amides is 2. The van der Waals surface area contributed by atoms with Crippen LogP contribution in [-0.2, 0) is 16.1 Å². The number of halogens is 2. The average Bonchev–Trinajstić information content (AvgIpc) is 3.57. The number of β-lactam (4-membered cyclic amide) rings is 2. The number of amidine groups is 1. The van der Waals surface area contributed by atoms with Crippen LogP contribution in [0.5, 0.6) is 0 Å². The van der Waals surface area contributed by atoms with Gasteiger partial charge in [0, 0.05) is 54.3 Å². The van der Waals surface area contributed by atoms with Crippen LogP contribution >= 0.6 is 23.2 Å². The second kappa shape index (κ2) is 12.4. The van der Waals surface area contributed by atoms with Crippen molar-refractivity contribution in [3.63, 3.8) is 0 Å². The molecule has 3 aliphatic rings. The van der Waals surface area contributed by atoms with E-state index >= 15 is 0 Å². The van der Waals surface area contributed by atoms with Crippen LogP contribution in [0, 0.1) is 20.2 Å². The van der Waals surface area contributed by atoms with Crippen molar-refractivity contribution >= 4 is 63.6 Å². The van der Waals surface area contributed by atoms with E-state index in [1.807, 2.05) is 48.5 Å². The Hall–Kier alpha value is -5.33. The molecule has 48 heavy (non-hydrogen) atoms. The topological polar surface area (TPSA) is 142 Å². The van der Waals surface area contributed by atoms with Crippen molar-refractivity contribution in [1.82, 2.24) is 4.90 Å². The molecule has 2 amide bonds. The highest BCUT2D eigenvalue weighted by atomic mass is 35.5. The van der Waals surface area contributed by atoms with Crippen molar-refractivity contribution in [3.8, 4) is 0 Å². The molecule has 0 N–H and O–H groups in total. The molecule has 4 atom stereocenters. The largest absolute Gasteiger partial charge is 0.350 e. The average molecular weight is 686 g/mol. The van der Waals surface area contributed by atoms with Crippen LogP contribution in [-0.4, -0.2) is 56.2 Å².